The lowest BCUT2D eigenvalue weighted by Crippen LogP contribution is -1.86. The summed E-state index contributed by atoms with van der Waals surface area (Å²) in [5, 5.41) is 0. The molecule has 0 atom stereocenters. The summed E-state index contributed by atoms with van der Waals surface area (Å²) < 4.78 is 5.81. The Morgan fingerprint density at radius 1 is 0.905 bits per heavy atom. The van der Waals surface area contributed by atoms with Gasteiger partial charge in [-0.15, -0.1) is 0 Å². The highest BCUT2D eigenvalue weighted by atomic mass is 16.3. The van der Waals surface area contributed by atoms with Gasteiger partial charge in [0.1, 0.15) is 5.52 Å². The van der Waals surface area contributed by atoms with Gasteiger partial charge in [0.25, 0.3) is 0 Å². The molecule has 0 aliphatic heterocycles. The third-order valence-electron chi connectivity index (χ3n) is 4.08. The minimum atomic E-state index is 0.901. The predicted molar refractivity (Wildman–Crippen MR) is 89.7 cm³/mol. The zero-order valence-electron chi connectivity index (χ0n) is 13.7. The highest BCUT2D eigenvalue weighted by molar-refractivity contribution is 5.73. The van der Waals surface area contributed by atoms with E-state index in [0.717, 1.165) is 23.4 Å². The minimum absolute atomic E-state index is 0.901. The number of hydrogen-bond acceptors (Lipinski definition) is 2. The Hall–Kier alpha value is -1.31. The molecule has 0 radical (unpaired) electrons. The second kappa shape index (κ2) is 8.86. The molecule has 0 amide bonds. The van der Waals surface area contributed by atoms with Crippen LogP contribution in [0.3, 0.4) is 0 Å². The molecule has 0 saturated heterocycles. The summed E-state index contributed by atoms with van der Waals surface area (Å²) in [5.74, 6) is 0.901. The summed E-state index contributed by atoms with van der Waals surface area (Å²) >= 11 is 0. The van der Waals surface area contributed by atoms with Crippen molar-refractivity contribution < 1.29 is 4.42 Å². The first-order valence-electron chi connectivity index (χ1n) is 8.65. The number of nitrogens with zero attached hydrogens (tertiary/aromatic N) is 1. The maximum Gasteiger partial charge on any atom is 0.195 e. The molecule has 0 aliphatic rings. The molecule has 0 unspecified atom stereocenters. The van der Waals surface area contributed by atoms with Crippen molar-refractivity contribution >= 4 is 11.1 Å². The lowest BCUT2D eigenvalue weighted by Gasteiger charge is -2.00. The Bertz CT molecular complexity index is 529. The lowest BCUT2D eigenvalue weighted by molar-refractivity contribution is 0.502. The van der Waals surface area contributed by atoms with Crippen molar-refractivity contribution in [1.82, 2.24) is 4.98 Å². The summed E-state index contributed by atoms with van der Waals surface area (Å²) in [5.41, 5.74) is 3.15. The van der Waals surface area contributed by atoms with E-state index in [9.17, 15) is 0 Å². The molecule has 1 heterocycles. The summed E-state index contributed by atoms with van der Waals surface area (Å²) in [6.07, 6.45) is 13.2. The molecular formula is C19H29NO. The first-order chi connectivity index (χ1) is 10.3. The largest absolute Gasteiger partial charge is 0.441 e. The van der Waals surface area contributed by atoms with E-state index in [1.54, 1.807) is 0 Å². The summed E-state index contributed by atoms with van der Waals surface area (Å²) in [6.45, 7) is 4.36. The van der Waals surface area contributed by atoms with Crippen molar-refractivity contribution in [3.05, 3.63) is 29.7 Å². The van der Waals surface area contributed by atoms with Gasteiger partial charge in [-0.25, -0.2) is 4.98 Å². The van der Waals surface area contributed by atoms with Crippen molar-refractivity contribution in [2.45, 2.75) is 78.1 Å². The number of rotatable bonds is 10. The van der Waals surface area contributed by atoms with E-state index < -0.39 is 0 Å². The molecule has 116 valence electrons. The standard InChI is InChI=1S/C19H29NO/c1-3-4-5-6-7-8-9-10-11-12-19-20-17-14-13-16(2)15-18(17)21-19/h13-15H,3-12H2,1-2H3. The molecule has 0 spiro atoms. The van der Waals surface area contributed by atoms with Gasteiger partial charge in [-0.2, -0.15) is 0 Å². The molecule has 1 aromatic carbocycles. The van der Waals surface area contributed by atoms with Crippen LogP contribution in [-0.4, -0.2) is 4.98 Å². The summed E-state index contributed by atoms with van der Waals surface area (Å²) in [7, 11) is 0. The van der Waals surface area contributed by atoms with Crippen LogP contribution in [0.2, 0.25) is 0 Å². The lowest BCUT2D eigenvalue weighted by atomic mass is 10.1. The fourth-order valence-electron chi connectivity index (χ4n) is 2.77. The molecule has 2 heteroatoms. The Morgan fingerprint density at radius 3 is 2.29 bits per heavy atom. The average Bonchev–Trinajstić information content (AvgIpc) is 2.87. The molecule has 21 heavy (non-hydrogen) atoms. The highest BCUT2D eigenvalue weighted by Gasteiger charge is 2.05. The number of hydrogen-bond donors (Lipinski definition) is 0. The van der Waals surface area contributed by atoms with Gasteiger partial charge in [-0.3, -0.25) is 0 Å². The molecular weight excluding hydrogens is 258 g/mol. The van der Waals surface area contributed by atoms with Crippen LogP contribution >= 0.6 is 0 Å². The predicted octanol–water partition coefficient (Wildman–Crippen LogP) is 6.21. The first-order valence-corrected chi connectivity index (χ1v) is 8.65. The molecule has 2 aromatic rings. The van der Waals surface area contributed by atoms with Crippen LogP contribution in [0.25, 0.3) is 11.1 Å². The topological polar surface area (TPSA) is 26.0 Å². The number of benzene rings is 1. The van der Waals surface area contributed by atoms with Crippen LogP contribution in [0.15, 0.2) is 22.6 Å². The molecule has 2 nitrogen and oxygen atoms in total. The van der Waals surface area contributed by atoms with Crippen molar-refractivity contribution in [3.63, 3.8) is 0 Å². The van der Waals surface area contributed by atoms with E-state index >= 15 is 0 Å². The van der Waals surface area contributed by atoms with E-state index in [1.807, 2.05) is 6.07 Å². The minimum Gasteiger partial charge on any atom is -0.441 e. The molecule has 0 aliphatic carbocycles. The van der Waals surface area contributed by atoms with E-state index in [0.29, 0.717) is 0 Å². The highest BCUT2D eigenvalue weighted by Crippen LogP contribution is 2.18. The smallest absolute Gasteiger partial charge is 0.195 e. The number of aryl methyl sites for hydroxylation is 2. The summed E-state index contributed by atoms with van der Waals surface area (Å²) in [4.78, 5) is 4.55. The quantitative estimate of drug-likeness (QED) is 0.485. The third kappa shape index (κ3) is 5.53. The SMILES string of the molecule is CCCCCCCCCCCc1nc2ccc(C)cc2o1. The Labute approximate surface area is 129 Å². The molecule has 0 N–H and O–H groups in total. The van der Waals surface area contributed by atoms with E-state index in [1.165, 1.54) is 63.4 Å². The first kappa shape index (κ1) is 16.1. The molecule has 1 aromatic heterocycles. The number of aromatic nitrogens is 1. The number of fused-ring (bicyclic) bond motifs is 1. The Morgan fingerprint density at radius 2 is 1.57 bits per heavy atom. The van der Waals surface area contributed by atoms with Gasteiger partial charge in [0.05, 0.1) is 0 Å². The molecule has 0 fully saturated rings. The van der Waals surface area contributed by atoms with Gasteiger partial charge in [-0.1, -0.05) is 64.4 Å². The van der Waals surface area contributed by atoms with Gasteiger partial charge >= 0.3 is 0 Å². The Kier molecular flexibility index (Phi) is 6.78. The van der Waals surface area contributed by atoms with Gasteiger partial charge < -0.3 is 4.42 Å². The van der Waals surface area contributed by atoms with E-state index in [2.05, 4.69) is 31.0 Å². The van der Waals surface area contributed by atoms with Gasteiger partial charge in [0.2, 0.25) is 0 Å². The second-order valence-electron chi connectivity index (χ2n) is 6.16. The zero-order chi connectivity index (χ0) is 14.9. The van der Waals surface area contributed by atoms with E-state index in [4.69, 9.17) is 4.42 Å². The molecule has 0 saturated carbocycles. The third-order valence-corrected chi connectivity index (χ3v) is 4.08. The molecule has 0 bridgehead atoms. The van der Waals surface area contributed by atoms with Gasteiger partial charge in [-0.05, 0) is 31.0 Å². The van der Waals surface area contributed by atoms with Gasteiger partial charge in [0, 0.05) is 6.42 Å². The van der Waals surface area contributed by atoms with Crippen molar-refractivity contribution in [3.8, 4) is 0 Å². The average molecular weight is 287 g/mol. The van der Waals surface area contributed by atoms with Crippen LogP contribution in [0.1, 0.15) is 76.2 Å². The van der Waals surface area contributed by atoms with Crippen LogP contribution in [0.5, 0.6) is 0 Å². The Balaban J connectivity index is 1.59. The molecule has 2 rings (SSSR count). The van der Waals surface area contributed by atoms with Gasteiger partial charge in [0.15, 0.2) is 11.5 Å². The number of unbranched alkanes of at least 4 members (excludes halogenated alkanes) is 8. The van der Waals surface area contributed by atoms with Crippen molar-refractivity contribution in [2.24, 2.45) is 0 Å². The zero-order valence-corrected chi connectivity index (χ0v) is 13.7. The van der Waals surface area contributed by atoms with Crippen molar-refractivity contribution in [2.75, 3.05) is 0 Å². The second-order valence-corrected chi connectivity index (χ2v) is 6.16. The van der Waals surface area contributed by atoms with Crippen LogP contribution in [0.4, 0.5) is 0 Å². The van der Waals surface area contributed by atoms with Crippen molar-refractivity contribution in [1.29, 1.82) is 0 Å². The fraction of sp³-hybridized carbons (Fsp3) is 0.632. The van der Waals surface area contributed by atoms with Crippen LogP contribution in [-0.2, 0) is 6.42 Å². The fourth-order valence-corrected chi connectivity index (χ4v) is 2.77. The van der Waals surface area contributed by atoms with E-state index in [-0.39, 0.29) is 0 Å². The monoisotopic (exact) mass is 287 g/mol. The summed E-state index contributed by atoms with van der Waals surface area (Å²) in [6, 6.07) is 6.21. The van der Waals surface area contributed by atoms with Crippen LogP contribution in [0, 0.1) is 6.92 Å². The van der Waals surface area contributed by atoms with Crippen LogP contribution < -0.4 is 0 Å². The number of oxazole rings is 1. The normalized spacial score (nSPS) is 11.3. The maximum atomic E-state index is 5.81. The maximum absolute atomic E-state index is 5.81.